The molecule has 0 bridgehead atoms. The van der Waals surface area contributed by atoms with E-state index in [0.717, 1.165) is 48.4 Å². The number of anilines is 2. The molecule has 0 heterocycles. The van der Waals surface area contributed by atoms with Crippen molar-refractivity contribution in [3.05, 3.63) is 23.3 Å². The van der Waals surface area contributed by atoms with Crippen molar-refractivity contribution in [1.29, 1.82) is 0 Å². The molecule has 0 radical (unpaired) electrons. The van der Waals surface area contributed by atoms with E-state index in [0.29, 0.717) is 0 Å². The maximum absolute atomic E-state index is 5.90. The third-order valence-electron chi connectivity index (χ3n) is 2.29. The first-order chi connectivity index (χ1) is 6.69. The Bertz CT molecular complexity index is 277. The second kappa shape index (κ2) is 4.83. The van der Waals surface area contributed by atoms with E-state index in [2.05, 4.69) is 11.5 Å². The van der Waals surface area contributed by atoms with Crippen LogP contribution in [-0.4, -0.2) is 13.1 Å². The van der Waals surface area contributed by atoms with Gasteiger partial charge in [0.25, 0.3) is 0 Å². The normalized spacial score (nSPS) is 10.4. The number of hydrogen-bond acceptors (Lipinski definition) is 2. The summed E-state index contributed by atoms with van der Waals surface area (Å²) in [6, 6.07) is 3.93. The first kappa shape index (κ1) is 10.8. The Hall–Kier alpha value is -1.26. The Morgan fingerprint density at radius 1 is 0.857 bits per heavy atom. The number of benzene rings is 1. The smallest absolute Gasteiger partial charge is 0.0781 e. The third kappa shape index (κ3) is 2.37. The number of quaternary nitrogens is 2. The largest absolute Gasteiger partial charge is 0.398 e. The predicted molar refractivity (Wildman–Crippen MR) is 58.2 cm³/mol. The quantitative estimate of drug-likeness (QED) is 0.436. The molecule has 78 valence electrons. The van der Waals surface area contributed by atoms with Gasteiger partial charge in [-0.25, -0.2) is 0 Å². The molecule has 0 saturated carbocycles. The molecule has 0 unspecified atom stereocenters. The Morgan fingerprint density at radius 2 is 1.21 bits per heavy atom. The Balaban J connectivity index is 2.97. The van der Waals surface area contributed by atoms with Crippen LogP contribution in [-0.2, 0) is 12.8 Å². The molecule has 4 nitrogen and oxygen atoms in total. The molecule has 0 aliphatic carbocycles. The van der Waals surface area contributed by atoms with Gasteiger partial charge < -0.3 is 22.9 Å². The van der Waals surface area contributed by atoms with Gasteiger partial charge in [0.1, 0.15) is 0 Å². The monoisotopic (exact) mass is 196 g/mol. The fraction of sp³-hybridized carbons (Fsp3) is 0.400. The van der Waals surface area contributed by atoms with Crippen LogP contribution in [0.25, 0.3) is 0 Å². The summed E-state index contributed by atoms with van der Waals surface area (Å²) in [4.78, 5) is 0. The standard InChI is InChI=1S/C10H18N4/c11-3-1-7-5-10(14)8(2-4-12)6-9(7)13/h5-6H,1-4,11-14H2/p+2. The van der Waals surface area contributed by atoms with Gasteiger partial charge in [0.15, 0.2) is 0 Å². The maximum atomic E-state index is 5.90. The van der Waals surface area contributed by atoms with Crippen LogP contribution in [0, 0.1) is 0 Å². The van der Waals surface area contributed by atoms with Crippen LogP contribution in [0.2, 0.25) is 0 Å². The molecule has 0 aromatic heterocycles. The van der Waals surface area contributed by atoms with Crippen LogP contribution in [0.3, 0.4) is 0 Å². The molecule has 0 aliphatic heterocycles. The van der Waals surface area contributed by atoms with Crippen molar-refractivity contribution in [2.24, 2.45) is 0 Å². The van der Waals surface area contributed by atoms with E-state index in [1.165, 1.54) is 0 Å². The number of nitrogens with two attached hydrogens (primary N) is 2. The van der Waals surface area contributed by atoms with E-state index in [4.69, 9.17) is 11.5 Å². The molecule has 1 aromatic carbocycles. The average molecular weight is 196 g/mol. The Labute approximate surface area is 84.3 Å². The minimum atomic E-state index is 0.825. The lowest BCUT2D eigenvalue weighted by Gasteiger charge is -2.09. The number of rotatable bonds is 4. The highest BCUT2D eigenvalue weighted by Crippen LogP contribution is 2.21. The Kier molecular flexibility index (Phi) is 3.73. The number of hydrogen-bond donors (Lipinski definition) is 4. The lowest BCUT2D eigenvalue weighted by molar-refractivity contribution is -0.367. The molecule has 0 saturated heterocycles. The van der Waals surface area contributed by atoms with Crippen molar-refractivity contribution in [1.82, 2.24) is 0 Å². The number of nitrogen functional groups attached to an aromatic ring is 2. The summed E-state index contributed by atoms with van der Waals surface area (Å²) in [5.41, 5.74) is 23.3. The van der Waals surface area contributed by atoms with Crippen molar-refractivity contribution in [2.45, 2.75) is 12.8 Å². The lowest BCUT2D eigenvalue weighted by Crippen LogP contribution is -2.51. The van der Waals surface area contributed by atoms with Crippen LogP contribution in [0.5, 0.6) is 0 Å². The summed E-state index contributed by atoms with van der Waals surface area (Å²) in [6.07, 6.45) is 1.78. The van der Waals surface area contributed by atoms with Crippen LogP contribution in [0.15, 0.2) is 12.1 Å². The molecule has 4 heteroatoms. The zero-order chi connectivity index (χ0) is 10.6. The van der Waals surface area contributed by atoms with E-state index in [-0.39, 0.29) is 0 Å². The van der Waals surface area contributed by atoms with Gasteiger partial charge in [-0.05, 0) is 23.3 Å². The molecule has 10 N–H and O–H groups in total. The molecular formula is C10H20N4+2. The van der Waals surface area contributed by atoms with Gasteiger partial charge in [-0.2, -0.15) is 0 Å². The highest BCUT2D eigenvalue weighted by molar-refractivity contribution is 5.60. The molecular weight excluding hydrogens is 176 g/mol. The van der Waals surface area contributed by atoms with Crippen LogP contribution < -0.4 is 22.9 Å². The van der Waals surface area contributed by atoms with Crippen molar-refractivity contribution >= 4 is 11.4 Å². The summed E-state index contributed by atoms with van der Waals surface area (Å²) in [5.74, 6) is 0. The zero-order valence-corrected chi connectivity index (χ0v) is 8.55. The fourth-order valence-corrected chi connectivity index (χ4v) is 1.54. The molecule has 0 aliphatic rings. The Morgan fingerprint density at radius 3 is 1.50 bits per heavy atom. The van der Waals surface area contributed by atoms with Gasteiger partial charge in [0.05, 0.1) is 13.1 Å². The second-order valence-electron chi connectivity index (χ2n) is 3.46. The first-order valence-electron chi connectivity index (χ1n) is 4.94. The van der Waals surface area contributed by atoms with Crippen LogP contribution in [0.1, 0.15) is 11.1 Å². The molecule has 14 heavy (non-hydrogen) atoms. The predicted octanol–water partition coefficient (Wildman–Crippen LogP) is -1.58. The summed E-state index contributed by atoms with van der Waals surface area (Å²) >= 11 is 0. The van der Waals surface area contributed by atoms with E-state index < -0.39 is 0 Å². The summed E-state index contributed by atoms with van der Waals surface area (Å²) in [6.45, 7) is 1.69. The first-order valence-corrected chi connectivity index (χ1v) is 4.94. The molecule has 1 aromatic rings. The summed E-state index contributed by atoms with van der Waals surface area (Å²) in [5, 5.41) is 0. The minimum absolute atomic E-state index is 0.825. The van der Waals surface area contributed by atoms with Gasteiger partial charge in [0, 0.05) is 24.2 Å². The minimum Gasteiger partial charge on any atom is -0.398 e. The van der Waals surface area contributed by atoms with Crippen molar-refractivity contribution in [3.8, 4) is 0 Å². The third-order valence-corrected chi connectivity index (χ3v) is 2.29. The van der Waals surface area contributed by atoms with Crippen molar-refractivity contribution in [3.63, 3.8) is 0 Å². The van der Waals surface area contributed by atoms with Crippen LogP contribution in [0.4, 0.5) is 11.4 Å². The van der Waals surface area contributed by atoms with Crippen molar-refractivity contribution < 1.29 is 11.5 Å². The summed E-state index contributed by atoms with van der Waals surface area (Å²) in [7, 11) is 0. The highest BCUT2D eigenvalue weighted by atomic mass is 14.6. The topological polar surface area (TPSA) is 107 Å². The van der Waals surface area contributed by atoms with Crippen LogP contribution >= 0.6 is 0 Å². The summed E-state index contributed by atoms with van der Waals surface area (Å²) < 4.78 is 0. The molecule has 0 atom stereocenters. The highest BCUT2D eigenvalue weighted by Gasteiger charge is 2.05. The zero-order valence-electron chi connectivity index (χ0n) is 8.55. The second-order valence-corrected chi connectivity index (χ2v) is 3.46. The SMILES string of the molecule is Nc1cc(CC[NH3+])c(N)cc1CC[NH3+]. The van der Waals surface area contributed by atoms with E-state index >= 15 is 0 Å². The molecule has 0 spiro atoms. The van der Waals surface area contributed by atoms with E-state index in [1.807, 2.05) is 12.1 Å². The van der Waals surface area contributed by atoms with E-state index in [1.54, 1.807) is 0 Å². The van der Waals surface area contributed by atoms with Crippen molar-refractivity contribution in [2.75, 3.05) is 24.6 Å². The molecule has 1 rings (SSSR count). The van der Waals surface area contributed by atoms with Gasteiger partial charge in [-0.15, -0.1) is 0 Å². The average Bonchev–Trinajstić information content (AvgIpc) is 2.14. The van der Waals surface area contributed by atoms with Gasteiger partial charge in [0.2, 0.25) is 0 Å². The van der Waals surface area contributed by atoms with E-state index in [9.17, 15) is 0 Å². The maximum Gasteiger partial charge on any atom is 0.0781 e. The fourth-order valence-electron chi connectivity index (χ4n) is 1.54. The molecule has 0 fully saturated rings. The van der Waals surface area contributed by atoms with Gasteiger partial charge in [-0.1, -0.05) is 0 Å². The molecule has 0 amide bonds. The lowest BCUT2D eigenvalue weighted by atomic mass is 10.0. The van der Waals surface area contributed by atoms with Gasteiger partial charge in [-0.3, -0.25) is 0 Å². The van der Waals surface area contributed by atoms with Gasteiger partial charge >= 0.3 is 0 Å².